The predicted octanol–water partition coefficient (Wildman–Crippen LogP) is 0.654. The third kappa shape index (κ3) is 3.88. The average molecular weight is 377 g/mol. The Labute approximate surface area is 153 Å². The predicted molar refractivity (Wildman–Crippen MR) is 98.5 cm³/mol. The fourth-order valence-electron chi connectivity index (χ4n) is 3.13. The summed E-state index contributed by atoms with van der Waals surface area (Å²) in [7, 11) is -3.77. The van der Waals surface area contributed by atoms with E-state index in [4.69, 9.17) is 0 Å². The molecule has 0 unspecified atom stereocenters. The minimum atomic E-state index is -3.77. The highest BCUT2D eigenvalue weighted by Crippen LogP contribution is 2.17. The van der Waals surface area contributed by atoms with Crippen LogP contribution in [0, 0.1) is 13.8 Å². The maximum absolute atomic E-state index is 12.4. The first kappa shape index (κ1) is 18.4. The zero-order valence-electron chi connectivity index (χ0n) is 14.9. The lowest BCUT2D eigenvalue weighted by molar-refractivity contribution is -0.130. The monoisotopic (exact) mass is 377 g/mol. The molecule has 0 radical (unpaired) electrons. The molecule has 3 rings (SSSR count). The molecule has 0 bridgehead atoms. The summed E-state index contributed by atoms with van der Waals surface area (Å²) in [5.41, 5.74) is 1.98. The van der Waals surface area contributed by atoms with E-state index in [9.17, 15) is 13.2 Å². The molecule has 1 aliphatic heterocycles. The van der Waals surface area contributed by atoms with E-state index in [2.05, 4.69) is 19.8 Å². The van der Waals surface area contributed by atoms with Crippen LogP contribution in [0.4, 0.5) is 5.69 Å². The first-order valence-corrected chi connectivity index (χ1v) is 9.96. The van der Waals surface area contributed by atoms with Crippen molar-refractivity contribution in [3.63, 3.8) is 0 Å². The summed E-state index contributed by atoms with van der Waals surface area (Å²) < 4.78 is 27.2. The second-order valence-electron chi connectivity index (χ2n) is 6.29. The van der Waals surface area contributed by atoms with Gasteiger partial charge in [0.25, 0.3) is 0 Å². The standard InChI is InChI=1S/C17H23N5O3S/c1-13-17(14(2)20-19-13)26(24,25)18-12-16(23)22-10-8-21(9-11-22)15-6-4-3-5-7-15/h3-7,18H,8-12H2,1-2H3,(H,19,20). The lowest BCUT2D eigenvalue weighted by Crippen LogP contribution is -2.51. The van der Waals surface area contributed by atoms with Crippen molar-refractivity contribution < 1.29 is 13.2 Å². The number of carbonyl (C=O) groups is 1. The summed E-state index contributed by atoms with van der Waals surface area (Å²) in [5.74, 6) is -0.222. The van der Waals surface area contributed by atoms with Gasteiger partial charge in [-0.25, -0.2) is 13.1 Å². The fourth-order valence-corrected chi connectivity index (χ4v) is 4.47. The van der Waals surface area contributed by atoms with E-state index in [-0.39, 0.29) is 17.3 Å². The Morgan fingerprint density at radius 3 is 2.38 bits per heavy atom. The third-order valence-corrected chi connectivity index (χ3v) is 6.16. The summed E-state index contributed by atoms with van der Waals surface area (Å²) in [6, 6.07) is 10.0. The first-order valence-electron chi connectivity index (χ1n) is 8.47. The zero-order chi connectivity index (χ0) is 18.7. The Hall–Kier alpha value is -2.39. The van der Waals surface area contributed by atoms with E-state index < -0.39 is 10.0 Å². The van der Waals surface area contributed by atoms with Gasteiger partial charge in [0.15, 0.2) is 0 Å². The van der Waals surface area contributed by atoms with Crippen LogP contribution in [0.15, 0.2) is 35.2 Å². The lowest BCUT2D eigenvalue weighted by Gasteiger charge is -2.36. The van der Waals surface area contributed by atoms with E-state index >= 15 is 0 Å². The number of hydrogen-bond donors (Lipinski definition) is 2. The number of sulfonamides is 1. The van der Waals surface area contributed by atoms with Crippen LogP contribution in [0.1, 0.15) is 11.4 Å². The molecule has 1 fully saturated rings. The topological polar surface area (TPSA) is 98.4 Å². The summed E-state index contributed by atoms with van der Waals surface area (Å²) in [4.78, 5) is 16.4. The van der Waals surface area contributed by atoms with Crippen molar-refractivity contribution >= 4 is 21.6 Å². The molecule has 26 heavy (non-hydrogen) atoms. The molecule has 1 aliphatic rings. The number of amides is 1. The van der Waals surface area contributed by atoms with Gasteiger partial charge in [0, 0.05) is 31.9 Å². The number of nitrogens with one attached hydrogen (secondary N) is 2. The van der Waals surface area contributed by atoms with Gasteiger partial charge in [0.1, 0.15) is 4.90 Å². The number of benzene rings is 1. The van der Waals surface area contributed by atoms with Crippen molar-refractivity contribution in [2.75, 3.05) is 37.6 Å². The summed E-state index contributed by atoms with van der Waals surface area (Å²) in [6.07, 6.45) is 0. The number of para-hydroxylation sites is 1. The van der Waals surface area contributed by atoms with Gasteiger partial charge >= 0.3 is 0 Å². The Kier molecular flexibility index (Phi) is 5.28. The highest BCUT2D eigenvalue weighted by atomic mass is 32.2. The minimum Gasteiger partial charge on any atom is -0.368 e. The van der Waals surface area contributed by atoms with E-state index in [1.54, 1.807) is 18.7 Å². The van der Waals surface area contributed by atoms with Crippen molar-refractivity contribution in [3.8, 4) is 0 Å². The van der Waals surface area contributed by atoms with Crippen molar-refractivity contribution in [2.24, 2.45) is 0 Å². The molecule has 0 aliphatic carbocycles. The molecule has 1 aromatic heterocycles. The summed E-state index contributed by atoms with van der Waals surface area (Å²) in [5, 5.41) is 6.54. The van der Waals surface area contributed by atoms with Gasteiger partial charge in [-0.1, -0.05) is 18.2 Å². The van der Waals surface area contributed by atoms with E-state index in [0.717, 1.165) is 18.8 Å². The molecule has 1 aromatic carbocycles. The average Bonchev–Trinajstić information content (AvgIpc) is 3.00. The van der Waals surface area contributed by atoms with E-state index in [0.29, 0.717) is 24.5 Å². The van der Waals surface area contributed by atoms with Crippen molar-refractivity contribution in [2.45, 2.75) is 18.7 Å². The third-order valence-electron chi connectivity index (χ3n) is 4.50. The minimum absolute atomic E-state index is 0.110. The molecule has 0 saturated carbocycles. The normalized spacial score (nSPS) is 15.3. The molecule has 1 amide bonds. The van der Waals surface area contributed by atoms with Gasteiger partial charge in [0.2, 0.25) is 15.9 Å². The maximum Gasteiger partial charge on any atom is 0.244 e. The van der Waals surface area contributed by atoms with Crippen LogP contribution in [0.2, 0.25) is 0 Å². The first-order chi connectivity index (χ1) is 12.4. The Morgan fingerprint density at radius 2 is 1.81 bits per heavy atom. The van der Waals surface area contributed by atoms with Crippen LogP contribution in [-0.4, -0.2) is 62.1 Å². The molecule has 140 valence electrons. The molecule has 1 saturated heterocycles. The van der Waals surface area contributed by atoms with Crippen LogP contribution in [0.25, 0.3) is 0 Å². The van der Waals surface area contributed by atoms with Gasteiger partial charge in [-0.3, -0.25) is 9.89 Å². The fraction of sp³-hybridized carbons (Fsp3) is 0.412. The molecule has 2 N–H and O–H groups in total. The molecule has 8 nitrogen and oxygen atoms in total. The molecule has 2 heterocycles. The maximum atomic E-state index is 12.4. The van der Waals surface area contributed by atoms with Crippen molar-refractivity contribution in [1.29, 1.82) is 0 Å². The largest absolute Gasteiger partial charge is 0.368 e. The molecule has 9 heteroatoms. The number of piperazine rings is 1. The van der Waals surface area contributed by atoms with Gasteiger partial charge in [-0.15, -0.1) is 0 Å². The number of hydrogen-bond acceptors (Lipinski definition) is 5. The van der Waals surface area contributed by atoms with Gasteiger partial charge in [0.05, 0.1) is 17.9 Å². The van der Waals surface area contributed by atoms with E-state index in [1.165, 1.54) is 0 Å². The molecular formula is C17H23N5O3S. The molecule has 0 spiro atoms. The van der Waals surface area contributed by atoms with Crippen LogP contribution >= 0.6 is 0 Å². The van der Waals surface area contributed by atoms with Crippen molar-refractivity contribution in [3.05, 3.63) is 41.7 Å². The SMILES string of the molecule is Cc1n[nH]c(C)c1S(=O)(=O)NCC(=O)N1CCN(c2ccccc2)CC1. The summed E-state index contributed by atoms with van der Waals surface area (Å²) in [6.45, 7) is 5.59. The summed E-state index contributed by atoms with van der Waals surface area (Å²) >= 11 is 0. The van der Waals surface area contributed by atoms with Gasteiger partial charge < -0.3 is 9.80 Å². The number of aromatic nitrogens is 2. The highest BCUT2D eigenvalue weighted by molar-refractivity contribution is 7.89. The van der Waals surface area contributed by atoms with Gasteiger partial charge in [-0.2, -0.15) is 5.10 Å². The Morgan fingerprint density at radius 1 is 1.15 bits per heavy atom. The second kappa shape index (κ2) is 7.46. The van der Waals surface area contributed by atoms with Crippen LogP contribution in [0.5, 0.6) is 0 Å². The quantitative estimate of drug-likeness (QED) is 0.797. The number of H-pyrrole nitrogens is 1. The molecule has 2 aromatic rings. The number of carbonyl (C=O) groups excluding carboxylic acids is 1. The highest BCUT2D eigenvalue weighted by Gasteiger charge is 2.25. The molecule has 0 atom stereocenters. The smallest absolute Gasteiger partial charge is 0.244 e. The van der Waals surface area contributed by atoms with Crippen LogP contribution in [0.3, 0.4) is 0 Å². The number of rotatable bonds is 5. The number of aryl methyl sites for hydroxylation is 2. The van der Waals surface area contributed by atoms with E-state index in [1.807, 2.05) is 30.3 Å². The Balaban J connectivity index is 1.55. The van der Waals surface area contributed by atoms with Crippen molar-refractivity contribution in [1.82, 2.24) is 19.8 Å². The second-order valence-corrected chi connectivity index (χ2v) is 7.99. The van der Waals surface area contributed by atoms with Crippen LogP contribution < -0.4 is 9.62 Å². The lowest BCUT2D eigenvalue weighted by atomic mass is 10.2. The molecular weight excluding hydrogens is 354 g/mol. The number of nitrogens with zero attached hydrogens (tertiary/aromatic N) is 3. The number of anilines is 1. The number of aromatic amines is 1. The zero-order valence-corrected chi connectivity index (χ0v) is 15.7. The van der Waals surface area contributed by atoms with Crippen LogP contribution in [-0.2, 0) is 14.8 Å². The van der Waals surface area contributed by atoms with Gasteiger partial charge in [-0.05, 0) is 26.0 Å². The Bertz CT molecular complexity index is 852.